The van der Waals surface area contributed by atoms with Gasteiger partial charge in [0, 0.05) is 6.54 Å². The SMILES string of the molecule is Cc1cccc2nc(Cl)n(CC3CCCNC3)c(=O)c12. The van der Waals surface area contributed by atoms with Gasteiger partial charge < -0.3 is 5.32 Å². The second kappa shape index (κ2) is 5.54. The van der Waals surface area contributed by atoms with Gasteiger partial charge in [0.15, 0.2) is 0 Å². The zero-order valence-corrected chi connectivity index (χ0v) is 12.3. The summed E-state index contributed by atoms with van der Waals surface area (Å²) in [5.74, 6) is 0.446. The second-order valence-corrected chi connectivity index (χ2v) is 5.82. The van der Waals surface area contributed by atoms with Crippen LogP contribution in [0.25, 0.3) is 10.9 Å². The lowest BCUT2D eigenvalue weighted by Gasteiger charge is -2.23. The summed E-state index contributed by atoms with van der Waals surface area (Å²) >= 11 is 6.21. The maximum atomic E-state index is 12.7. The van der Waals surface area contributed by atoms with Crippen molar-refractivity contribution in [1.29, 1.82) is 0 Å². The van der Waals surface area contributed by atoms with Gasteiger partial charge >= 0.3 is 0 Å². The van der Waals surface area contributed by atoms with Crippen molar-refractivity contribution in [2.24, 2.45) is 5.92 Å². The van der Waals surface area contributed by atoms with Crippen molar-refractivity contribution in [3.8, 4) is 0 Å². The highest BCUT2D eigenvalue weighted by atomic mass is 35.5. The lowest BCUT2D eigenvalue weighted by atomic mass is 9.99. The second-order valence-electron chi connectivity index (χ2n) is 5.48. The van der Waals surface area contributed by atoms with Crippen molar-refractivity contribution >= 4 is 22.5 Å². The van der Waals surface area contributed by atoms with E-state index >= 15 is 0 Å². The molecule has 1 aliphatic heterocycles. The molecule has 106 valence electrons. The average Bonchev–Trinajstić information content (AvgIpc) is 2.44. The average molecular weight is 292 g/mol. The van der Waals surface area contributed by atoms with E-state index in [2.05, 4.69) is 10.3 Å². The van der Waals surface area contributed by atoms with E-state index in [0.29, 0.717) is 28.6 Å². The molecule has 1 N–H and O–H groups in total. The zero-order valence-electron chi connectivity index (χ0n) is 11.5. The molecule has 1 atom stereocenters. The molecule has 1 aromatic carbocycles. The third-order valence-corrected chi connectivity index (χ3v) is 4.27. The van der Waals surface area contributed by atoms with Gasteiger partial charge in [-0.3, -0.25) is 9.36 Å². The molecule has 1 aliphatic rings. The van der Waals surface area contributed by atoms with Crippen LogP contribution in [-0.2, 0) is 6.54 Å². The number of benzene rings is 1. The van der Waals surface area contributed by atoms with Crippen molar-refractivity contribution in [2.75, 3.05) is 13.1 Å². The molecule has 2 heterocycles. The van der Waals surface area contributed by atoms with E-state index < -0.39 is 0 Å². The Morgan fingerprint density at radius 1 is 1.50 bits per heavy atom. The smallest absolute Gasteiger partial charge is 0.262 e. The van der Waals surface area contributed by atoms with Crippen LogP contribution in [0.2, 0.25) is 5.28 Å². The Hall–Kier alpha value is -1.39. The summed E-state index contributed by atoms with van der Waals surface area (Å²) in [6.45, 7) is 4.58. The summed E-state index contributed by atoms with van der Waals surface area (Å²) in [5.41, 5.74) is 1.61. The molecule has 1 saturated heterocycles. The minimum Gasteiger partial charge on any atom is -0.316 e. The highest BCUT2D eigenvalue weighted by molar-refractivity contribution is 6.28. The van der Waals surface area contributed by atoms with E-state index in [-0.39, 0.29) is 5.56 Å². The van der Waals surface area contributed by atoms with E-state index in [1.807, 2.05) is 25.1 Å². The van der Waals surface area contributed by atoms with E-state index in [4.69, 9.17) is 11.6 Å². The first kappa shape index (κ1) is 13.6. The van der Waals surface area contributed by atoms with Gasteiger partial charge in [0.1, 0.15) is 0 Å². The van der Waals surface area contributed by atoms with Gasteiger partial charge in [0.05, 0.1) is 10.9 Å². The predicted octanol–water partition coefficient (Wildman–Crippen LogP) is 2.36. The number of piperidine rings is 1. The van der Waals surface area contributed by atoms with Crippen LogP contribution in [0.1, 0.15) is 18.4 Å². The minimum absolute atomic E-state index is 0.0244. The van der Waals surface area contributed by atoms with Gasteiger partial charge in [-0.05, 0) is 62.0 Å². The van der Waals surface area contributed by atoms with Gasteiger partial charge in [0.2, 0.25) is 5.28 Å². The minimum atomic E-state index is -0.0244. The molecule has 1 fully saturated rings. The number of aromatic nitrogens is 2. The maximum Gasteiger partial charge on any atom is 0.262 e. The number of fused-ring (bicyclic) bond motifs is 1. The van der Waals surface area contributed by atoms with Crippen LogP contribution in [-0.4, -0.2) is 22.6 Å². The third-order valence-electron chi connectivity index (χ3n) is 3.98. The predicted molar refractivity (Wildman–Crippen MR) is 81.3 cm³/mol. The zero-order chi connectivity index (χ0) is 14.1. The van der Waals surface area contributed by atoms with Gasteiger partial charge in [-0.25, -0.2) is 4.98 Å². The van der Waals surface area contributed by atoms with E-state index in [1.165, 1.54) is 0 Å². The van der Waals surface area contributed by atoms with Crippen LogP contribution >= 0.6 is 11.6 Å². The van der Waals surface area contributed by atoms with Crippen LogP contribution in [0.15, 0.2) is 23.0 Å². The Morgan fingerprint density at radius 2 is 2.35 bits per heavy atom. The quantitative estimate of drug-likeness (QED) is 0.864. The Morgan fingerprint density at radius 3 is 3.10 bits per heavy atom. The van der Waals surface area contributed by atoms with Crippen LogP contribution < -0.4 is 10.9 Å². The van der Waals surface area contributed by atoms with Crippen LogP contribution in [0, 0.1) is 12.8 Å². The summed E-state index contributed by atoms with van der Waals surface area (Å²) in [7, 11) is 0. The lowest BCUT2D eigenvalue weighted by molar-refractivity contribution is 0.333. The molecule has 1 aromatic heterocycles. The lowest BCUT2D eigenvalue weighted by Crippen LogP contribution is -2.35. The highest BCUT2D eigenvalue weighted by Crippen LogP contribution is 2.18. The van der Waals surface area contributed by atoms with E-state index in [1.54, 1.807) is 4.57 Å². The van der Waals surface area contributed by atoms with Crippen LogP contribution in [0.3, 0.4) is 0 Å². The molecule has 1 unspecified atom stereocenters. The van der Waals surface area contributed by atoms with E-state index in [0.717, 1.165) is 31.5 Å². The molecule has 0 saturated carbocycles. The summed E-state index contributed by atoms with van der Waals surface area (Å²) in [4.78, 5) is 17.0. The topological polar surface area (TPSA) is 46.9 Å². The highest BCUT2D eigenvalue weighted by Gasteiger charge is 2.17. The molecular formula is C15H18ClN3O. The molecule has 0 aliphatic carbocycles. The maximum absolute atomic E-state index is 12.7. The third kappa shape index (κ3) is 2.45. The van der Waals surface area contributed by atoms with Gasteiger partial charge in [0.25, 0.3) is 5.56 Å². The number of hydrogen-bond acceptors (Lipinski definition) is 3. The molecule has 0 radical (unpaired) electrons. The fraction of sp³-hybridized carbons (Fsp3) is 0.467. The summed E-state index contributed by atoms with van der Waals surface area (Å²) in [6, 6.07) is 5.67. The summed E-state index contributed by atoms with van der Waals surface area (Å²) in [6.07, 6.45) is 2.28. The normalized spacial score (nSPS) is 19.4. The van der Waals surface area contributed by atoms with Crippen molar-refractivity contribution in [2.45, 2.75) is 26.3 Å². The number of nitrogens with one attached hydrogen (secondary N) is 1. The molecule has 4 nitrogen and oxygen atoms in total. The summed E-state index contributed by atoms with van der Waals surface area (Å²) in [5, 5.41) is 4.34. The van der Waals surface area contributed by atoms with Crippen molar-refractivity contribution in [1.82, 2.24) is 14.9 Å². The first-order chi connectivity index (χ1) is 9.66. The van der Waals surface area contributed by atoms with Gasteiger partial charge in [-0.15, -0.1) is 0 Å². The molecule has 3 rings (SSSR count). The molecule has 0 bridgehead atoms. The first-order valence-corrected chi connectivity index (χ1v) is 7.41. The molecular weight excluding hydrogens is 274 g/mol. The Balaban J connectivity index is 2.06. The monoisotopic (exact) mass is 291 g/mol. The van der Waals surface area contributed by atoms with Crippen molar-refractivity contribution in [3.05, 3.63) is 39.4 Å². The van der Waals surface area contributed by atoms with Crippen molar-refractivity contribution < 1.29 is 0 Å². The number of rotatable bonds is 2. The number of hydrogen-bond donors (Lipinski definition) is 1. The Bertz CT molecular complexity index is 689. The Kier molecular flexibility index (Phi) is 3.76. The fourth-order valence-electron chi connectivity index (χ4n) is 2.90. The summed E-state index contributed by atoms with van der Waals surface area (Å²) < 4.78 is 1.62. The molecule has 20 heavy (non-hydrogen) atoms. The Labute approximate surface area is 122 Å². The molecule has 0 spiro atoms. The first-order valence-electron chi connectivity index (χ1n) is 7.03. The number of aryl methyl sites for hydroxylation is 1. The molecule has 0 amide bonds. The van der Waals surface area contributed by atoms with Gasteiger partial charge in [-0.1, -0.05) is 12.1 Å². The van der Waals surface area contributed by atoms with Crippen LogP contribution in [0.4, 0.5) is 0 Å². The van der Waals surface area contributed by atoms with E-state index in [9.17, 15) is 4.79 Å². The number of nitrogens with zero attached hydrogens (tertiary/aromatic N) is 2. The molecule has 2 aromatic rings. The van der Waals surface area contributed by atoms with Crippen LogP contribution in [0.5, 0.6) is 0 Å². The standard InChI is InChI=1S/C15H18ClN3O/c1-10-4-2-6-12-13(10)14(20)19(15(16)18-12)9-11-5-3-7-17-8-11/h2,4,6,11,17H,3,5,7-9H2,1H3. The number of halogens is 1. The van der Waals surface area contributed by atoms with Gasteiger partial charge in [-0.2, -0.15) is 0 Å². The van der Waals surface area contributed by atoms with Crippen molar-refractivity contribution in [3.63, 3.8) is 0 Å². The largest absolute Gasteiger partial charge is 0.316 e. The fourth-order valence-corrected chi connectivity index (χ4v) is 3.14. The molecule has 5 heteroatoms.